The maximum absolute atomic E-state index is 5.58. The van der Waals surface area contributed by atoms with Crippen LogP contribution in [-0.2, 0) is 5.75 Å². The molecule has 0 saturated heterocycles. The van der Waals surface area contributed by atoms with E-state index >= 15 is 0 Å². The summed E-state index contributed by atoms with van der Waals surface area (Å²) in [7, 11) is 0. The summed E-state index contributed by atoms with van der Waals surface area (Å²) in [6, 6.07) is 4.66. The van der Waals surface area contributed by atoms with Crippen molar-refractivity contribution in [2.45, 2.75) is 48.6 Å². The molecule has 0 aliphatic heterocycles. The van der Waals surface area contributed by atoms with Crippen molar-refractivity contribution in [3.8, 4) is 10.8 Å². The fraction of sp³-hybridized carbons (Fsp3) is 0.438. The van der Waals surface area contributed by atoms with Crippen LogP contribution >= 0.6 is 23.1 Å². The molecule has 0 bridgehead atoms. The van der Waals surface area contributed by atoms with Crippen LogP contribution in [-0.4, -0.2) is 19.7 Å². The number of rotatable bonds is 6. The highest BCUT2D eigenvalue weighted by molar-refractivity contribution is 7.98. The van der Waals surface area contributed by atoms with Gasteiger partial charge in [0.05, 0.1) is 10.6 Å². The highest BCUT2D eigenvalue weighted by Crippen LogP contribution is 2.46. The fourth-order valence-corrected chi connectivity index (χ4v) is 4.25. The smallest absolute Gasteiger partial charge is 0.236 e. The van der Waals surface area contributed by atoms with E-state index in [-0.39, 0.29) is 0 Å². The van der Waals surface area contributed by atoms with Gasteiger partial charge in [0.15, 0.2) is 5.16 Å². The van der Waals surface area contributed by atoms with E-state index in [4.69, 9.17) is 4.42 Å². The van der Waals surface area contributed by atoms with Crippen molar-refractivity contribution >= 4 is 23.1 Å². The van der Waals surface area contributed by atoms with Crippen LogP contribution in [0.1, 0.15) is 49.2 Å². The number of aromatic nitrogens is 4. The molecule has 3 heterocycles. The van der Waals surface area contributed by atoms with Gasteiger partial charge in [0.25, 0.3) is 0 Å². The van der Waals surface area contributed by atoms with Crippen LogP contribution in [0.15, 0.2) is 33.3 Å². The standard InChI is InChI=1S/C16H16N4OS2/c1-2-13(22-7-1)15-17-11(8-21-15)9-23-16-19-18-14(10-3-4-10)20(16)12-5-6-12/h1-2,7-8,10,12H,3-6,9H2. The van der Waals surface area contributed by atoms with Crippen molar-refractivity contribution in [2.75, 3.05) is 0 Å². The lowest BCUT2D eigenvalue weighted by atomic mass is 10.4. The van der Waals surface area contributed by atoms with Crippen LogP contribution < -0.4 is 0 Å². The number of hydrogen-bond acceptors (Lipinski definition) is 6. The first kappa shape index (κ1) is 13.8. The van der Waals surface area contributed by atoms with Crippen LogP contribution in [0.2, 0.25) is 0 Å². The average molecular weight is 344 g/mol. The molecule has 2 aliphatic carbocycles. The predicted molar refractivity (Wildman–Crippen MR) is 89.6 cm³/mol. The summed E-state index contributed by atoms with van der Waals surface area (Å²) in [4.78, 5) is 5.65. The quantitative estimate of drug-likeness (QED) is 0.616. The van der Waals surface area contributed by atoms with Crippen molar-refractivity contribution in [3.63, 3.8) is 0 Å². The molecule has 2 saturated carbocycles. The molecule has 7 heteroatoms. The molecule has 118 valence electrons. The predicted octanol–water partition coefficient (Wildman–Crippen LogP) is 4.50. The molecule has 0 unspecified atom stereocenters. The zero-order valence-corrected chi connectivity index (χ0v) is 14.1. The lowest BCUT2D eigenvalue weighted by molar-refractivity contribution is 0.575. The molecule has 0 spiro atoms. The molecule has 3 aromatic rings. The van der Waals surface area contributed by atoms with Gasteiger partial charge in [-0.1, -0.05) is 17.8 Å². The van der Waals surface area contributed by atoms with Crippen LogP contribution in [0.3, 0.4) is 0 Å². The third kappa shape index (κ3) is 2.72. The van der Waals surface area contributed by atoms with Crippen molar-refractivity contribution < 1.29 is 4.42 Å². The van der Waals surface area contributed by atoms with E-state index in [1.807, 2.05) is 17.5 Å². The van der Waals surface area contributed by atoms with Gasteiger partial charge in [0, 0.05) is 17.7 Å². The van der Waals surface area contributed by atoms with E-state index < -0.39 is 0 Å². The topological polar surface area (TPSA) is 56.7 Å². The molecule has 0 amide bonds. The molecule has 5 nitrogen and oxygen atoms in total. The lowest BCUT2D eigenvalue weighted by Gasteiger charge is -2.07. The van der Waals surface area contributed by atoms with Crippen molar-refractivity contribution in [1.29, 1.82) is 0 Å². The Bertz CT molecular complexity index is 815. The first-order valence-electron chi connectivity index (χ1n) is 7.94. The van der Waals surface area contributed by atoms with Gasteiger partial charge in [0.1, 0.15) is 12.1 Å². The van der Waals surface area contributed by atoms with E-state index in [0.29, 0.717) is 17.9 Å². The fourth-order valence-electron chi connectivity index (χ4n) is 2.71. The van der Waals surface area contributed by atoms with Gasteiger partial charge >= 0.3 is 0 Å². The van der Waals surface area contributed by atoms with Crippen molar-refractivity contribution in [1.82, 2.24) is 19.7 Å². The van der Waals surface area contributed by atoms with E-state index in [0.717, 1.165) is 21.5 Å². The Balaban J connectivity index is 1.33. The molecule has 23 heavy (non-hydrogen) atoms. The minimum Gasteiger partial charge on any atom is -0.444 e. The zero-order chi connectivity index (χ0) is 15.2. The summed E-state index contributed by atoms with van der Waals surface area (Å²) in [5, 5.41) is 11.9. The van der Waals surface area contributed by atoms with Crippen LogP contribution in [0, 0.1) is 0 Å². The Kier molecular flexibility index (Phi) is 3.29. The number of hydrogen-bond donors (Lipinski definition) is 0. The van der Waals surface area contributed by atoms with Gasteiger partial charge in [-0.3, -0.25) is 0 Å². The van der Waals surface area contributed by atoms with Crippen molar-refractivity contribution in [3.05, 3.63) is 35.3 Å². The monoisotopic (exact) mass is 344 g/mol. The number of thiophene rings is 1. The number of oxazole rings is 1. The van der Waals surface area contributed by atoms with Gasteiger partial charge in [-0.05, 0) is 37.1 Å². The van der Waals surface area contributed by atoms with E-state index in [9.17, 15) is 0 Å². The minimum absolute atomic E-state index is 0.627. The van der Waals surface area contributed by atoms with E-state index in [1.165, 1.54) is 31.5 Å². The second-order valence-corrected chi connectivity index (χ2v) is 8.02. The van der Waals surface area contributed by atoms with Crippen LogP contribution in [0.5, 0.6) is 0 Å². The van der Waals surface area contributed by atoms with Crippen molar-refractivity contribution in [2.24, 2.45) is 0 Å². The molecule has 0 N–H and O–H groups in total. The van der Waals surface area contributed by atoms with Crippen LogP contribution in [0.25, 0.3) is 10.8 Å². The Labute approximate surface area is 142 Å². The van der Waals surface area contributed by atoms with E-state index in [1.54, 1.807) is 29.4 Å². The Morgan fingerprint density at radius 2 is 2.17 bits per heavy atom. The zero-order valence-electron chi connectivity index (χ0n) is 12.5. The summed E-state index contributed by atoms with van der Waals surface area (Å²) < 4.78 is 7.96. The second kappa shape index (κ2) is 5.49. The van der Waals surface area contributed by atoms with Crippen LogP contribution in [0.4, 0.5) is 0 Å². The van der Waals surface area contributed by atoms with Gasteiger partial charge in [-0.2, -0.15) is 0 Å². The largest absolute Gasteiger partial charge is 0.444 e. The molecule has 0 radical (unpaired) electrons. The molecular weight excluding hydrogens is 328 g/mol. The normalized spacial score (nSPS) is 17.7. The number of thioether (sulfide) groups is 1. The molecule has 3 aromatic heterocycles. The highest BCUT2D eigenvalue weighted by Gasteiger charge is 2.36. The van der Waals surface area contributed by atoms with Gasteiger partial charge in [-0.15, -0.1) is 21.5 Å². The first-order valence-corrected chi connectivity index (χ1v) is 9.81. The average Bonchev–Trinajstić information content (AvgIpc) is 3.43. The lowest BCUT2D eigenvalue weighted by Crippen LogP contribution is -2.01. The molecule has 0 aromatic carbocycles. The highest BCUT2D eigenvalue weighted by atomic mass is 32.2. The third-order valence-electron chi connectivity index (χ3n) is 4.18. The first-order chi connectivity index (χ1) is 11.4. The Morgan fingerprint density at radius 1 is 1.26 bits per heavy atom. The maximum Gasteiger partial charge on any atom is 0.236 e. The molecule has 2 aliphatic rings. The summed E-state index contributed by atoms with van der Waals surface area (Å²) in [6.45, 7) is 0. The van der Waals surface area contributed by atoms with Gasteiger partial charge in [0.2, 0.25) is 5.89 Å². The number of nitrogens with zero attached hydrogens (tertiary/aromatic N) is 4. The summed E-state index contributed by atoms with van der Waals surface area (Å²) in [5.74, 6) is 3.33. The van der Waals surface area contributed by atoms with Gasteiger partial charge in [-0.25, -0.2) is 4.98 Å². The summed E-state index contributed by atoms with van der Waals surface area (Å²) in [6.07, 6.45) is 6.81. The Hall–Kier alpha value is -1.60. The summed E-state index contributed by atoms with van der Waals surface area (Å²) >= 11 is 3.36. The third-order valence-corrected chi connectivity index (χ3v) is 6.01. The Morgan fingerprint density at radius 3 is 2.91 bits per heavy atom. The minimum atomic E-state index is 0.627. The van der Waals surface area contributed by atoms with E-state index in [2.05, 4.69) is 19.7 Å². The molecular formula is C16H16N4OS2. The maximum atomic E-state index is 5.58. The second-order valence-electron chi connectivity index (χ2n) is 6.13. The SMILES string of the molecule is c1csc(-c2nc(CSc3nnc(C4CC4)n3C3CC3)co2)c1. The molecule has 0 atom stereocenters. The molecule has 2 fully saturated rings. The summed E-state index contributed by atoms with van der Waals surface area (Å²) in [5.41, 5.74) is 0.955. The van der Waals surface area contributed by atoms with Gasteiger partial charge < -0.3 is 8.98 Å². The molecule has 5 rings (SSSR count).